The highest BCUT2D eigenvalue weighted by Gasteiger charge is 2.26. The summed E-state index contributed by atoms with van der Waals surface area (Å²) in [6, 6.07) is 0. The van der Waals surface area contributed by atoms with Crippen molar-refractivity contribution < 1.29 is 5.11 Å². The molecule has 0 saturated carbocycles. The lowest BCUT2D eigenvalue weighted by atomic mass is 9.85. The van der Waals surface area contributed by atoms with Crippen LogP contribution in [0.2, 0.25) is 0 Å². The SMILES string of the molecule is CCC(C)CC(CC)(CO)NC. The first kappa shape index (κ1) is 11.9. The smallest absolute Gasteiger partial charge is 0.0613 e. The Kier molecular flexibility index (Phi) is 5.51. The summed E-state index contributed by atoms with van der Waals surface area (Å²) >= 11 is 0. The van der Waals surface area contributed by atoms with Crippen LogP contribution < -0.4 is 5.32 Å². The van der Waals surface area contributed by atoms with E-state index in [0.717, 1.165) is 12.8 Å². The molecule has 0 saturated heterocycles. The van der Waals surface area contributed by atoms with Crippen LogP contribution in [0.3, 0.4) is 0 Å². The van der Waals surface area contributed by atoms with Crippen molar-refractivity contribution in [2.24, 2.45) is 5.92 Å². The van der Waals surface area contributed by atoms with E-state index in [1.807, 2.05) is 7.05 Å². The monoisotopic (exact) mass is 173 g/mol. The van der Waals surface area contributed by atoms with Crippen molar-refractivity contribution in [2.45, 2.75) is 45.6 Å². The largest absolute Gasteiger partial charge is 0.394 e. The topological polar surface area (TPSA) is 32.3 Å². The van der Waals surface area contributed by atoms with Gasteiger partial charge in [0, 0.05) is 5.54 Å². The maximum Gasteiger partial charge on any atom is 0.0613 e. The maximum absolute atomic E-state index is 9.26. The minimum Gasteiger partial charge on any atom is -0.394 e. The quantitative estimate of drug-likeness (QED) is 0.642. The van der Waals surface area contributed by atoms with Gasteiger partial charge >= 0.3 is 0 Å². The highest BCUT2D eigenvalue weighted by Crippen LogP contribution is 2.21. The van der Waals surface area contributed by atoms with Crippen molar-refractivity contribution in [3.05, 3.63) is 0 Å². The van der Waals surface area contributed by atoms with Crippen LogP contribution in [0.1, 0.15) is 40.0 Å². The summed E-state index contributed by atoms with van der Waals surface area (Å²) in [6.45, 7) is 6.79. The number of aliphatic hydroxyl groups is 1. The maximum atomic E-state index is 9.26. The van der Waals surface area contributed by atoms with Crippen LogP contribution in [0, 0.1) is 5.92 Å². The van der Waals surface area contributed by atoms with Crippen LogP contribution in [0.4, 0.5) is 0 Å². The molecule has 2 N–H and O–H groups in total. The third-order valence-corrected chi connectivity index (χ3v) is 2.95. The average molecular weight is 173 g/mol. The van der Waals surface area contributed by atoms with Crippen LogP contribution in [-0.4, -0.2) is 24.3 Å². The van der Waals surface area contributed by atoms with Crippen molar-refractivity contribution >= 4 is 0 Å². The van der Waals surface area contributed by atoms with Gasteiger partial charge in [0.1, 0.15) is 0 Å². The molecule has 0 aliphatic carbocycles. The van der Waals surface area contributed by atoms with Crippen molar-refractivity contribution in [2.75, 3.05) is 13.7 Å². The first-order valence-electron chi connectivity index (χ1n) is 4.93. The van der Waals surface area contributed by atoms with E-state index in [1.54, 1.807) is 0 Å². The second kappa shape index (κ2) is 5.55. The van der Waals surface area contributed by atoms with Crippen molar-refractivity contribution in [3.8, 4) is 0 Å². The lowest BCUT2D eigenvalue weighted by molar-refractivity contribution is 0.138. The van der Waals surface area contributed by atoms with Gasteiger partial charge in [0.2, 0.25) is 0 Å². The third kappa shape index (κ3) is 3.11. The highest BCUT2D eigenvalue weighted by atomic mass is 16.3. The van der Waals surface area contributed by atoms with E-state index < -0.39 is 0 Å². The van der Waals surface area contributed by atoms with Crippen LogP contribution in [-0.2, 0) is 0 Å². The molecule has 0 aliphatic rings. The first-order chi connectivity index (χ1) is 5.64. The van der Waals surface area contributed by atoms with Gasteiger partial charge in [-0.15, -0.1) is 0 Å². The molecule has 0 aromatic rings. The molecule has 2 heteroatoms. The van der Waals surface area contributed by atoms with Crippen LogP contribution in [0.15, 0.2) is 0 Å². The lowest BCUT2D eigenvalue weighted by Gasteiger charge is -2.32. The number of rotatable bonds is 6. The van der Waals surface area contributed by atoms with Crippen LogP contribution >= 0.6 is 0 Å². The standard InChI is InChI=1S/C10H23NO/c1-5-9(3)7-10(6-2,8-12)11-4/h9,11-12H,5-8H2,1-4H3. The molecule has 2 nitrogen and oxygen atoms in total. The van der Waals surface area contributed by atoms with E-state index >= 15 is 0 Å². The molecule has 2 atom stereocenters. The molecule has 74 valence electrons. The molecule has 0 aromatic heterocycles. The number of hydrogen-bond donors (Lipinski definition) is 2. The van der Waals surface area contributed by atoms with E-state index in [1.165, 1.54) is 6.42 Å². The minimum absolute atomic E-state index is 0.0462. The molecule has 0 heterocycles. The summed E-state index contributed by atoms with van der Waals surface area (Å²) in [5.41, 5.74) is -0.0462. The molecule has 0 spiro atoms. The molecule has 2 unspecified atom stereocenters. The zero-order valence-corrected chi connectivity index (χ0v) is 8.85. The van der Waals surface area contributed by atoms with Gasteiger partial charge in [0.05, 0.1) is 6.61 Å². The molecule has 0 aromatic carbocycles. The van der Waals surface area contributed by atoms with Gasteiger partial charge in [-0.25, -0.2) is 0 Å². The molecule has 0 bridgehead atoms. The molecule has 0 aliphatic heterocycles. The summed E-state index contributed by atoms with van der Waals surface area (Å²) in [7, 11) is 1.93. The normalized spacial score (nSPS) is 18.8. The first-order valence-corrected chi connectivity index (χ1v) is 4.93. The second-order valence-electron chi connectivity index (χ2n) is 3.76. The Morgan fingerprint density at radius 1 is 1.42 bits per heavy atom. The van der Waals surface area contributed by atoms with Gasteiger partial charge in [-0.1, -0.05) is 27.2 Å². The van der Waals surface area contributed by atoms with E-state index in [4.69, 9.17) is 0 Å². The van der Waals surface area contributed by atoms with Crippen molar-refractivity contribution in [1.29, 1.82) is 0 Å². The lowest BCUT2D eigenvalue weighted by Crippen LogP contribution is -2.47. The molecular weight excluding hydrogens is 150 g/mol. The fraction of sp³-hybridized carbons (Fsp3) is 1.00. The molecule has 0 fully saturated rings. The Morgan fingerprint density at radius 3 is 2.25 bits per heavy atom. The zero-order chi connectivity index (χ0) is 9.61. The van der Waals surface area contributed by atoms with E-state index in [-0.39, 0.29) is 12.1 Å². The Balaban J connectivity index is 4.09. The molecule has 12 heavy (non-hydrogen) atoms. The number of aliphatic hydroxyl groups excluding tert-OH is 1. The Morgan fingerprint density at radius 2 is 2.00 bits per heavy atom. The van der Waals surface area contributed by atoms with Crippen molar-refractivity contribution in [3.63, 3.8) is 0 Å². The predicted octanol–water partition coefficient (Wildman–Crippen LogP) is 1.78. The average Bonchev–Trinajstić information content (AvgIpc) is 2.14. The fourth-order valence-corrected chi connectivity index (χ4v) is 1.49. The number of likely N-dealkylation sites (N-methyl/N-ethyl adjacent to an activating group) is 1. The van der Waals surface area contributed by atoms with Gasteiger partial charge in [0.15, 0.2) is 0 Å². The van der Waals surface area contributed by atoms with E-state index in [9.17, 15) is 5.11 Å². The predicted molar refractivity (Wildman–Crippen MR) is 53.2 cm³/mol. The molecule has 0 rings (SSSR count). The van der Waals surface area contributed by atoms with Gasteiger partial charge in [0.25, 0.3) is 0 Å². The zero-order valence-electron chi connectivity index (χ0n) is 8.85. The van der Waals surface area contributed by atoms with Gasteiger partial charge in [-0.2, -0.15) is 0 Å². The minimum atomic E-state index is -0.0462. The Bertz CT molecular complexity index is 102. The van der Waals surface area contributed by atoms with Crippen LogP contribution in [0.5, 0.6) is 0 Å². The second-order valence-corrected chi connectivity index (χ2v) is 3.76. The Hall–Kier alpha value is -0.0800. The summed E-state index contributed by atoms with van der Waals surface area (Å²) in [5, 5.41) is 12.5. The van der Waals surface area contributed by atoms with E-state index in [2.05, 4.69) is 26.1 Å². The van der Waals surface area contributed by atoms with Crippen molar-refractivity contribution in [1.82, 2.24) is 5.32 Å². The summed E-state index contributed by atoms with van der Waals surface area (Å²) in [4.78, 5) is 0. The molecule has 0 amide bonds. The summed E-state index contributed by atoms with van der Waals surface area (Å²) < 4.78 is 0. The Labute approximate surface area is 76.4 Å². The molecular formula is C10H23NO. The number of hydrogen-bond acceptors (Lipinski definition) is 2. The third-order valence-electron chi connectivity index (χ3n) is 2.95. The van der Waals surface area contributed by atoms with Gasteiger partial charge in [-0.3, -0.25) is 0 Å². The van der Waals surface area contributed by atoms with E-state index in [0.29, 0.717) is 5.92 Å². The van der Waals surface area contributed by atoms with Gasteiger partial charge < -0.3 is 10.4 Å². The van der Waals surface area contributed by atoms with Crippen LogP contribution in [0.25, 0.3) is 0 Å². The summed E-state index contributed by atoms with van der Waals surface area (Å²) in [6.07, 6.45) is 3.24. The summed E-state index contributed by atoms with van der Waals surface area (Å²) in [5.74, 6) is 0.685. The number of nitrogens with one attached hydrogen (secondary N) is 1. The highest BCUT2D eigenvalue weighted by molar-refractivity contribution is 4.85. The molecule has 0 radical (unpaired) electrons. The van der Waals surface area contributed by atoms with Gasteiger partial charge in [-0.05, 0) is 25.8 Å². The fourth-order valence-electron chi connectivity index (χ4n) is 1.49.